The molecule has 5 nitrogen and oxygen atoms in total. The van der Waals surface area contributed by atoms with E-state index in [2.05, 4.69) is 0 Å². The van der Waals surface area contributed by atoms with E-state index in [0.717, 1.165) is 18.4 Å². The van der Waals surface area contributed by atoms with Gasteiger partial charge in [0.2, 0.25) is 0 Å². The molecule has 124 valence electrons. The van der Waals surface area contributed by atoms with Crippen LogP contribution >= 0.6 is 11.6 Å². The molecule has 0 amide bonds. The third-order valence-corrected chi connectivity index (χ3v) is 5.17. The second-order valence-corrected chi connectivity index (χ2v) is 6.61. The lowest BCUT2D eigenvalue weighted by molar-refractivity contribution is -0.119. The summed E-state index contributed by atoms with van der Waals surface area (Å²) in [5, 5.41) is 29.3. The number of benzene rings is 1. The lowest BCUT2D eigenvalue weighted by Gasteiger charge is -2.39. The van der Waals surface area contributed by atoms with Gasteiger partial charge in [-0.1, -0.05) is 22.7 Å². The molecule has 2 aliphatic rings. The fraction of sp³-hybridized carbons (Fsp3) is 0.471. The quantitative estimate of drug-likeness (QED) is 0.583. The Labute approximate surface area is 139 Å². The molecule has 1 atom stereocenters. The first-order chi connectivity index (χ1) is 11.0. The van der Waals surface area contributed by atoms with Gasteiger partial charge in [-0.25, -0.2) is 0 Å². The van der Waals surface area contributed by atoms with E-state index in [1.54, 1.807) is 0 Å². The minimum atomic E-state index is -0.246. The normalized spacial score (nSPS) is 22.3. The number of aliphatic hydroxyl groups excluding tert-OH is 1. The van der Waals surface area contributed by atoms with Gasteiger partial charge in [0.05, 0.1) is 6.73 Å². The van der Waals surface area contributed by atoms with Crippen molar-refractivity contribution < 1.29 is 20.1 Å². The van der Waals surface area contributed by atoms with Crippen LogP contribution in [0.4, 0.5) is 0 Å². The van der Waals surface area contributed by atoms with Crippen molar-refractivity contribution >= 4 is 17.4 Å². The van der Waals surface area contributed by atoms with Gasteiger partial charge in [-0.15, -0.1) is 0 Å². The summed E-state index contributed by atoms with van der Waals surface area (Å²) in [5.74, 6) is -0.173. The summed E-state index contributed by atoms with van der Waals surface area (Å²) in [4.78, 5) is 13.7. The fourth-order valence-corrected chi connectivity index (χ4v) is 3.81. The van der Waals surface area contributed by atoms with Gasteiger partial charge in [-0.3, -0.25) is 9.69 Å². The largest absolute Gasteiger partial charge is 0.504 e. The van der Waals surface area contributed by atoms with Crippen molar-refractivity contribution in [1.29, 1.82) is 0 Å². The smallest absolute Gasteiger partial charge is 0.158 e. The second kappa shape index (κ2) is 6.51. The minimum absolute atomic E-state index is 0.0294. The van der Waals surface area contributed by atoms with Gasteiger partial charge < -0.3 is 15.3 Å². The van der Waals surface area contributed by atoms with Gasteiger partial charge in [0.1, 0.15) is 5.78 Å². The average Bonchev–Trinajstić information content (AvgIpc) is 2.52. The molecule has 0 radical (unpaired) electrons. The third-order valence-electron chi connectivity index (χ3n) is 4.82. The number of phenols is 2. The first-order valence-corrected chi connectivity index (χ1v) is 8.15. The highest BCUT2D eigenvalue weighted by molar-refractivity contribution is 6.31. The summed E-state index contributed by atoms with van der Waals surface area (Å²) >= 11 is 6.19. The molecule has 0 spiro atoms. The molecule has 0 aromatic heterocycles. The van der Waals surface area contributed by atoms with Crippen LogP contribution in [0.3, 0.4) is 0 Å². The standard InChI is InChI=1S/C17H20ClNO4/c18-14-8-17(23)16(22)7-11(14)6-15-13-2-1-12(21)5-10(13)3-4-19(15)9-20/h7-8,15,20,22-23H,1-6,9H2/t15-/m1/s1. The van der Waals surface area contributed by atoms with Crippen LogP contribution in [0.5, 0.6) is 11.5 Å². The lowest BCUT2D eigenvalue weighted by atomic mass is 9.80. The molecule has 0 saturated carbocycles. The highest BCUT2D eigenvalue weighted by Crippen LogP contribution is 2.37. The number of phenolic OH excluding ortho intramolecular Hbond substituents is 2. The minimum Gasteiger partial charge on any atom is -0.504 e. The average molecular weight is 338 g/mol. The van der Waals surface area contributed by atoms with Crippen molar-refractivity contribution in [1.82, 2.24) is 4.90 Å². The number of nitrogens with zero attached hydrogens (tertiary/aromatic N) is 1. The molecule has 3 N–H and O–H groups in total. The van der Waals surface area contributed by atoms with E-state index in [-0.39, 0.29) is 30.1 Å². The van der Waals surface area contributed by atoms with Crippen molar-refractivity contribution in [3.63, 3.8) is 0 Å². The van der Waals surface area contributed by atoms with Gasteiger partial charge in [0, 0.05) is 36.5 Å². The summed E-state index contributed by atoms with van der Waals surface area (Å²) in [7, 11) is 0. The zero-order valence-corrected chi connectivity index (χ0v) is 13.5. The Morgan fingerprint density at radius 1 is 1.17 bits per heavy atom. The Morgan fingerprint density at radius 3 is 2.65 bits per heavy atom. The maximum absolute atomic E-state index is 11.7. The monoisotopic (exact) mass is 337 g/mol. The summed E-state index contributed by atoms with van der Waals surface area (Å²) in [6.07, 6.45) is 3.12. The molecule has 23 heavy (non-hydrogen) atoms. The van der Waals surface area contributed by atoms with Crippen molar-refractivity contribution in [3.8, 4) is 11.5 Å². The van der Waals surface area contributed by atoms with Gasteiger partial charge in [-0.05, 0) is 30.9 Å². The number of carbonyl (C=O) groups excluding carboxylic acids is 1. The Hall–Kier alpha value is -1.56. The van der Waals surface area contributed by atoms with Crippen molar-refractivity contribution in [3.05, 3.63) is 33.9 Å². The van der Waals surface area contributed by atoms with Crippen LogP contribution in [0, 0.1) is 0 Å². The molecule has 6 heteroatoms. The molecule has 0 fully saturated rings. The maximum atomic E-state index is 11.7. The molecule has 1 aliphatic carbocycles. The number of aromatic hydroxyl groups is 2. The molecule has 1 heterocycles. The van der Waals surface area contributed by atoms with Crippen LogP contribution in [-0.2, 0) is 11.2 Å². The van der Waals surface area contributed by atoms with Crippen LogP contribution in [0.1, 0.15) is 31.2 Å². The van der Waals surface area contributed by atoms with E-state index in [1.165, 1.54) is 23.3 Å². The number of hydrogen-bond donors (Lipinski definition) is 3. The van der Waals surface area contributed by atoms with Gasteiger partial charge >= 0.3 is 0 Å². The van der Waals surface area contributed by atoms with Gasteiger partial charge in [0.15, 0.2) is 11.5 Å². The van der Waals surface area contributed by atoms with E-state index in [0.29, 0.717) is 30.8 Å². The van der Waals surface area contributed by atoms with Crippen LogP contribution in [0.25, 0.3) is 0 Å². The van der Waals surface area contributed by atoms with Crippen LogP contribution in [0.15, 0.2) is 23.3 Å². The zero-order chi connectivity index (χ0) is 16.6. The Balaban J connectivity index is 1.93. The molecular weight excluding hydrogens is 318 g/mol. The van der Waals surface area contributed by atoms with E-state index < -0.39 is 0 Å². The second-order valence-electron chi connectivity index (χ2n) is 6.20. The fourth-order valence-electron chi connectivity index (χ4n) is 3.58. The number of aliphatic hydroxyl groups is 1. The molecule has 0 unspecified atom stereocenters. The number of carbonyl (C=O) groups is 1. The highest BCUT2D eigenvalue weighted by atomic mass is 35.5. The van der Waals surface area contributed by atoms with Gasteiger partial charge in [0.25, 0.3) is 0 Å². The van der Waals surface area contributed by atoms with Crippen LogP contribution in [0.2, 0.25) is 5.02 Å². The highest BCUT2D eigenvalue weighted by Gasteiger charge is 2.32. The molecular formula is C17H20ClNO4. The number of hydrogen-bond acceptors (Lipinski definition) is 5. The molecule has 0 saturated heterocycles. The number of Topliss-reactive ketones (excluding diaryl/α,β-unsaturated/α-hetero) is 1. The molecule has 0 bridgehead atoms. The molecule has 3 rings (SSSR count). The van der Waals surface area contributed by atoms with Crippen LogP contribution in [-0.4, -0.2) is 45.3 Å². The predicted molar refractivity (Wildman–Crippen MR) is 86.6 cm³/mol. The number of ketones is 1. The predicted octanol–water partition coefficient (Wildman–Crippen LogP) is 2.37. The van der Waals surface area contributed by atoms with Gasteiger partial charge in [-0.2, -0.15) is 0 Å². The first-order valence-electron chi connectivity index (χ1n) is 7.77. The summed E-state index contributed by atoms with van der Waals surface area (Å²) < 4.78 is 0. The summed E-state index contributed by atoms with van der Waals surface area (Å²) in [6.45, 7) is 0.645. The van der Waals surface area contributed by atoms with E-state index in [9.17, 15) is 20.1 Å². The number of halogens is 1. The third kappa shape index (κ3) is 3.22. The maximum Gasteiger partial charge on any atom is 0.158 e. The van der Waals surface area contributed by atoms with Crippen LogP contribution < -0.4 is 0 Å². The SMILES string of the molecule is O=C1CCC2=C(CCN(CO)[C@@H]2Cc2cc(O)c(O)cc2Cl)C1. The van der Waals surface area contributed by atoms with Crippen molar-refractivity contribution in [2.75, 3.05) is 13.3 Å². The van der Waals surface area contributed by atoms with E-state index in [4.69, 9.17) is 11.6 Å². The molecule has 1 aliphatic heterocycles. The topological polar surface area (TPSA) is 81.0 Å². The van der Waals surface area contributed by atoms with E-state index >= 15 is 0 Å². The van der Waals surface area contributed by atoms with Crippen molar-refractivity contribution in [2.24, 2.45) is 0 Å². The summed E-state index contributed by atoms with van der Waals surface area (Å²) in [6, 6.07) is 2.77. The lowest BCUT2D eigenvalue weighted by Crippen LogP contribution is -2.44. The Morgan fingerprint density at radius 2 is 1.91 bits per heavy atom. The summed E-state index contributed by atoms with van der Waals surface area (Å²) in [5.41, 5.74) is 3.12. The Kier molecular flexibility index (Phi) is 4.62. The molecule has 1 aromatic rings. The number of rotatable bonds is 3. The first kappa shape index (κ1) is 16.3. The Bertz CT molecular complexity index is 671. The van der Waals surface area contributed by atoms with Crippen molar-refractivity contribution in [2.45, 2.75) is 38.1 Å². The molecule has 1 aromatic carbocycles. The zero-order valence-electron chi connectivity index (χ0n) is 12.8. The van der Waals surface area contributed by atoms with E-state index in [1.807, 2.05) is 4.90 Å².